The van der Waals surface area contributed by atoms with E-state index in [1.807, 2.05) is 0 Å². The molecular formula is C13H16N2O4S3. The van der Waals surface area contributed by atoms with Gasteiger partial charge in [0.05, 0.1) is 5.75 Å². The lowest BCUT2D eigenvalue weighted by atomic mass is 10.2. The average Bonchev–Trinajstić information content (AvgIpc) is 3.03. The normalized spacial score (nSPS) is 13.9. The van der Waals surface area contributed by atoms with Crippen LogP contribution in [0.3, 0.4) is 0 Å². The molecule has 2 aromatic heterocycles. The Hall–Kier alpha value is -1.29. The van der Waals surface area contributed by atoms with Gasteiger partial charge in [-0.3, -0.25) is 4.98 Å². The van der Waals surface area contributed by atoms with Crippen molar-refractivity contribution in [3.63, 3.8) is 0 Å². The summed E-state index contributed by atoms with van der Waals surface area (Å²) >= 11 is 1.11. The Morgan fingerprint density at radius 1 is 1.23 bits per heavy atom. The standard InChI is InChI=1S/C13H16N2O4S3/c1-2-21(16,17)15-10-12(11-5-3-7-14-9-11)22(18,19)13-6-4-8-20-13/h3-9,12,15H,2,10H2,1H3/t12-/m0/s1. The van der Waals surface area contributed by atoms with Gasteiger partial charge < -0.3 is 0 Å². The number of rotatable bonds is 7. The lowest BCUT2D eigenvalue weighted by Gasteiger charge is -2.17. The molecule has 120 valence electrons. The largest absolute Gasteiger partial charge is 0.264 e. The van der Waals surface area contributed by atoms with Gasteiger partial charge in [-0.25, -0.2) is 21.6 Å². The molecule has 2 rings (SSSR count). The first-order valence-corrected chi connectivity index (χ1v) is 10.6. The third-order valence-electron chi connectivity index (χ3n) is 3.07. The zero-order valence-electron chi connectivity index (χ0n) is 11.8. The van der Waals surface area contributed by atoms with E-state index in [1.54, 1.807) is 23.6 Å². The molecule has 2 heterocycles. The van der Waals surface area contributed by atoms with Crippen molar-refractivity contribution >= 4 is 31.2 Å². The maximum absolute atomic E-state index is 12.7. The summed E-state index contributed by atoms with van der Waals surface area (Å²) in [6.07, 6.45) is 2.98. The van der Waals surface area contributed by atoms with E-state index in [0.717, 1.165) is 11.3 Å². The molecule has 0 aliphatic heterocycles. The van der Waals surface area contributed by atoms with Gasteiger partial charge in [-0.2, -0.15) is 0 Å². The summed E-state index contributed by atoms with van der Waals surface area (Å²) in [7, 11) is -7.17. The molecule has 0 radical (unpaired) electrons. The summed E-state index contributed by atoms with van der Waals surface area (Å²) in [5.74, 6) is -0.105. The monoisotopic (exact) mass is 360 g/mol. The van der Waals surface area contributed by atoms with E-state index >= 15 is 0 Å². The Morgan fingerprint density at radius 3 is 2.55 bits per heavy atom. The maximum Gasteiger partial charge on any atom is 0.211 e. The molecule has 0 bridgehead atoms. The predicted molar refractivity (Wildman–Crippen MR) is 85.9 cm³/mol. The first-order chi connectivity index (χ1) is 10.4. The molecule has 22 heavy (non-hydrogen) atoms. The van der Waals surface area contributed by atoms with E-state index in [1.165, 1.54) is 25.4 Å². The van der Waals surface area contributed by atoms with E-state index in [0.29, 0.717) is 5.56 Å². The highest BCUT2D eigenvalue weighted by Crippen LogP contribution is 2.30. The molecule has 1 N–H and O–H groups in total. The van der Waals surface area contributed by atoms with Gasteiger partial charge in [-0.1, -0.05) is 12.1 Å². The van der Waals surface area contributed by atoms with Crippen LogP contribution in [0.25, 0.3) is 0 Å². The highest BCUT2D eigenvalue weighted by atomic mass is 32.2. The molecule has 9 heteroatoms. The van der Waals surface area contributed by atoms with E-state index in [4.69, 9.17) is 0 Å². The Morgan fingerprint density at radius 2 is 2.00 bits per heavy atom. The molecule has 0 aliphatic carbocycles. The lowest BCUT2D eigenvalue weighted by molar-refractivity contribution is 0.570. The highest BCUT2D eigenvalue weighted by molar-refractivity contribution is 7.93. The van der Waals surface area contributed by atoms with Crippen molar-refractivity contribution in [1.29, 1.82) is 0 Å². The summed E-state index contributed by atoms with van der Waals surface area (Å²) in [6, 6.07) is 6.41. The molecular weight excluding hydrogens is 344 g/mol. The SMILES string of the molecule is CCS(=O)(=O)NC[C@@H](c1cccnc1)S(=O)(=O)c1cccs1. The summed E-state index contributed by atoms with van der Waals surface area (Å²) in [5.41, 5.74) is 0.453. The number of aromatic nitrogens is 1. The zero-order valence-corrected chi connectivity index (χ0v) is 14.3. The molecule has 0 saturated carbocycles. The van der Waals surface area contributed by atoms with Crippen molar-refractivity contribution < 1.29 is 16.8 Å². The minimum atomic E-state index is -3.69. The molecule has 0 amide bonds. The number of nitrogens with zero attached hydrogens (tertiary/aromatic N) is 1. The maximum atomic E-state index is 12.7. The molecule has 0 aliphatic rings. The highest BCUT2D eigenvalue weighted by Gasteiger charge is 2.31. The number of thiophene rings is 1. The van der Waals surface area contributed by atoms with Crippen molar-refractivity contribution in [2.24, 2.45) is 0 Å². The number of sulfonamides is 1. The van der Waals surface area contributed by atoms with Gasteiger partial charge in [0.2, 0.25) is 10.0 Å². The van der Waals surface area contributed by atoms with E-state index < -0.39 is 25.1 Å². The van der Waals surface area contributed by atoms with Crippen LogP contribution in [0.5, 0.6) is 0 Å². The van der Waals surface area contributed by atoms with Crippen LogP contribution >= 0.6 is 11.3 Å². The van der Waals surface area contributed by atoms with Crippen LogP contribution in [0.1, 0.15) is 17.7 Å². The third kappa shape index (κ3) is 3.92. The molecule has 0 aromatic carbocycles. The Kier molecular flexibility index (Phi) is 5.32. The van der Waals surface area contributed by atoms with Gasteiger partial charge >= 0.3 is 0 Å². The molecule has 0 fully saturated rings. The van der Waals surface area contributed by atoms with Crippen molar-refractivity contribution in [3.8, 4) is 0 Å². The van der Waals surface area contributed by atoms with Gasteiger partial charge in [-0.15, -0.1) is 11.3 Å². The summed E-state index contributed by atoms with van der Waals surface area (Å²) in [4.78, 5) is 3.93. The molecule has 1 atom stereocenters. The number of nitrogens with one attached hydrogen (secondary N) is 1. The first-order valence-electron chi connectivity index (χ1n) is 6.51. The Balaban J connectivity index is 2.39. The summed E-state index contributed by atoms with van der Waals surface area (Å²) in [5, 5.41) is 0.657. The first kappa shape index (κ1) is 17.1. The van der Waals surface area contributed by atoms with Gasteiger partial charge in [-0.05, 0) is 30.0 Å². The number of hydrogen-bond acceptors (Lipinski definition) is 6. The fraction of sp³-hybridized carbons (Fsp3) is 0.308. The Labute approximate surface area is 134 Å². The average molecular weight is 360 g/mol. The number of pyridine rings is 1. The molecule has 0 unspecified atom stereocenters. The number of sulfone groups is 1. The zero-order chi connectivity index (χ0) is 16.2. The number of hydrogen-bond donors (Lipinski definition) is 1. The van der Waals surface area contributed by atoms with Crippen LogP contribution < -0.4 is 4.72 Å². The lowest BCUT2D eigenvalue weighted by Crippen LogP contribution is -2.32. The van der Waals surface area contributed by atoms with E-state index in [2.05, 4.69) is 9.71 Å². The van der Waals surface area contributed by atoms with E-state index in [9.17, 15) is 16.8 Å². The van der Waals surface area contributed by atoms with Crippen LogP contribution in [0.2, 0.25) is 0 Å². The molecule has 2 aromatic rings. The van der Waals surface area contributed by atoms with Gasteiger partial charge in [0, 0.05) is 18.9 Å². The summed E-state index contributed by atoms with van der Waals surface area (Å²) < 4.78 is 51.3. The molecule has 0 spiro atoms. The van der Waals surface area contributed by atoms with Crippen LogP contribution in [0.4, 0.5) is 0 Å². The third-order valence-corrected chi connectivity index (χ3v) is 7.97. The van der Waals surface area contributed by atoms with Crippen LogP contribution in [0.15, 0.2) is 46.2 Å². The minimum Gasteiger partial charge on any atom is -0.264 e. The van der Waals surface area contributed by atoms with Crippen LogP contribution in [0, 0.1) is 0 Å². The van der Waals surface area contributed by atoms with E-state index in [-0.39, 0.29) is 16.5 Å². The predicted octanol–water partition coefficient (Wildman–Crippen LogP) is 1.60. The molecule has 0 saturated heterocycles. The van der Waals surface area contributed by atoms with Crippen molar-refractivity contribution in [2.75, 3.05) is 12.3 Å². The summed E-state index contributed by atoms with van der Waals surface area (Å²) in [6.45, 7) is 1.28. The second-order valence-corrected chi connectivity index (χ2v) is 9.90. The second-order valence-electron chi connectivity index (χ2n) is 4.50. The van der Waals surface area contributed by atoms with Crippen molar-refractivity contribution in [3.05, 3.63) is 47.6 Å². The topological polar surface area (TPSA) is 93.2 Å². The van der Waals surface area contributed by atoms with Gasteiger partial charge in [0.25, 0.3) is 0 Å². The minimum absolute atomic E-state index is 0.105. The van der Waals surface area contributed by atoms with Crippen molar-refractivity contribution in [1.82, 2.24) is 9.71 Å². The smallest absolute Gasteiger partial charge is 0.211 e. The van der Waals surface area contributed by atoms with Crippen LogP contribution in [-0.4, -0.2) is 34.1 Å². The Bertz CT molecular complexity index is 800. The fourth-order valence-corrected chi connectivity index (χ4v) is 5.42. The second kappa shape index (κ2) is 6.86. The van der Waals surface area contributed by atoms with Gasteiger partial charge in [0.15, 0.2) is 9.84 Å². The fourth-order valence-electron chi connectivity index (χ4n) is 1.84. The van der Waals surface area contributed by atoms with Crippen LogP contribution in [-0.2, 0) is 19.9 Å². The van der Waals surface area contributed by atoms with Crippen molar-refractivity contribution in [2.45, 2.75) is 16.4 Å². The molecule has 6 nitrogen and oxygen atoms in total. The van der Waals surface area contributed by atoms with Gasteiger partial charge in [0.1, 0.15) is 9.46 Å². The quantitative estimate of drug-likeness (QED) is 0.809.